The quantitative estimate of drug-likeness (QED) is 0.0543. The fourth-order valence-electron chi connectivity index (χ4n) is 9.37. The number of anilines is 2. The summed E-state index contributed by atoms with van der Waals surface area (Å²) in [5, 5.41) is 3.85. The van der Waals surface area contributed by atoms with Crippen LogP contribution in [0.15, 0.2) is 117 Å². The zero-order chi connectivity index (χ0) is 47.0. The standard InChI is InChI=1S/C50H68N6O6S2/c1-49(2)42-34-40(63(57,58)59)22-24-44(42)53(30-12-32-55(5,6)7)46(49)26-18-37-14-11-15-38(48(37)52-29-28-36-16-20-39(51)21-17-36)19-27-47-50(3,4)43-35-41(64(60,61)62)23-25-45(43)54(47)31-13-33-56(8,9)10/h16-27,34-35H,11-15,28-33,51H2,1-10H3/p+2/b37-18+,46-26+. The zero-order valence-electron chi connectivity index (χ0n) is 39.5. The summed E-state index contributed by atoms with van der Waals surface area (Å²) in [4.78, 5) is 1.98. The van der Waals surface area contributed by atoms with Gasteiger partial charge in [0, 0.05) is 65.4 Å². The van der Waals surface area contributed by atoms with E-state index >= 15 is 0 Å². The van der Waals surface area contributed by atoms with Gasteiger partial charge in [0.15, 0.2) is 12.3 Å². The van der Waals surface area contributed by atoms with Crippen LogP contribution in [0.25, 0.3) is 0 Å². The van der Waals surface area contributed by atoms with E-state index in [9.17, 15) is 25.9 Å². The Labute approximate surface area is 382 Å². The largest absolute Gasteiger partial charge is 0.744 e. The molecule has 1 aliphatic carbocycles. The van der Waals surface area contributed by atoms with Crippen molar-refractivity contribution in [3.63, 3.8) is 0 Å². The zero-order valence-corrected chi connectivity index (χ0v) is 41.2. The van der Waals surface area contributed by atoms with Gasteiger partial charge in [0.1, 0.15) is 10.1 Å². The summed E-state index contributed by atoms with van der Waals surface area (Å²) in [5.41, 5.74) is 15.8. The number of benzene rings is 3. The van der Waals surface area contributed by atoms with Crippen molar-refractivity contribution in [2.45, 2.75) is 86.8 Å². The first kappa shape index (κ1) is 48.9. The number of quaternary nitrogens is 2. The van der Waals surface area contributed by atoms with E-state index in [-0.39, 0.29) is 9.79 Å². The first-order valence-electron chi connectivity index (χ1n) is 22.3. The van der Waals surface area contributed by atoms with Crippen LogP contribution < -0.4 is 16.0 Å². The molecular formula is C50H70N6O6S2+2. The van der Waals surface area contributed by atoms with Crippen molar-refractivity contribution in [1.29, 1.82) is 0 Å². The van der Waals surface area contributed by atoms with Gasteiger partial charge < -0.3 is 29.5 Å². The normalized spacial score (nSPS) is 19.0. The number of nitrogens with zero attached hydrogens (tertiary/aromatic N) is 4. The average molecular weight is 915 g/mol. The van der Waals surface area contributed by atoms with Crippen molar-refractivity contribution in [3.8, 4) is 0 Å². The Morgan fingerprint density at radius 1 is 0.812 bits per heavy atom. The van der Waals surface area contributed by atoms with Crippen LogP contribution >= 0.6 is 0 Å². The molecule has 0 fully saturated rings. The first-order valence-corrected chi connectivity index (χ1v) is 25.2. The van der Waals surface area contributed by atoms with Crippen molar-refractivity contribution in [3.05, 3.63) is 124 Å². The second-order valence-electron chi connectivity index (χ2n) is 20.7. The number of allylic oxidation sites excluding steroid dienone is 7. The SMILES string of the molecule is CC1(C)C(/C=C/C2=C(NCCc3ccc(N)cc3)C(=C/C=C3/N(CCC[N+](C)(C)C)c4ccc(S(=O)(=O)O)cc4C3(C)C)/CCC2)=[N+](CCC[N+](C)(C)C)c2ccc(S(=O)(=O)[O-])cc21. The van der Waals surface area contributed by atoms with E-state index in [2.05, 4.69) is 121 Å². The van der Waals surface area contributed by atoms with E-state index in [4.69, 9.17) is 5.73 Å². The number of nitrogens with two attached hydrogens (primary N) is 1. The Morgan fingerprint density at radius 3 is 2.09 bits per heavy atom. The maximum atomic E-state index is 12.3. The number of nitrogen functional groups attached to an aromatic ring is 1. The molecule has 3 aliphatic rings. The maximum Gasteiger partial charge on any atom is 0.294 e. The molecule has 0 saturated carbocycles. The number of nitrogens with one attached hydrogen (secondary N) is 1. The third-order valence-corrected chi connectivity index (χ3v) is 14.5. The Morgan fingerprint density at radius 2 is 1.45 bits per heavy atom. The Balaban J connectivity index is 1.45. The van der Waals surface area contributed by atoms with Gasteiger partial charge in [-0.25, -0.2) is 8.42 Å². The van der Waals surface area contributed by atoms with Crippen LogP contribution in [0.5, 0.6) is 0 Å². The molecule has 2 aliphatic heterocycles. The van der Waals surface area contributed by atoms with Crippen LogP contribution in [0.1, 0.15) is 76.5 Å². The highest BCUT2D eigenvalue weighted by atomic mass is 32.2. The second kappa shape index (κ2) is 18.4. The molecule has 0 amide bonds. The smallest absolute Gasteiger partial charge is 0.294 e. The molecule has 0 unspecified atom stereocenters. The van der Waals surface area contributed by atoms with Gasteiger partial charge in [0.2, 0.25) is 5.69 Å². The summed E-state index contributed by atoms with van der Waals surface area (Å²) in [5.74, 6) is 0. The minimum Gasteiger partial charge on any atom is -0.744 e. The van der Waals surface area contributed by atoms with Crippen LogP contribution in [0, 0.1) is 0 Å². The molecule has 0 saturated heterocycles. The van der Waals surface area contributed by atoms with Gasteiger partial charge in [-0.1, -0.05) is 38.1 Å². The monoisotopic (exact) mass is 914 g/mol. The summed E-state index contributed by atoms with van der Waals surface area (Å²) in [6, 6.07) is 17.7. The van der Waals surface area contributed by atoms with Gasteiger partial charge >= 0.3 is 0 Å². The highest BCUT2D eigenvalue weighted by Crippen LogP contribution is 2.49. The lowest BCUT2D eigenvalue weighted by atomic mass is 9.81. The number of hydrogen-bond donors (Lipinski definition) is 3. The van der Waals surface area contributed by atoms with E-state index in [1.807, 2.05) is 18.2 Å². The third kappa shape index (κ3) is 11.3. The van der Waals surface area contributed by atoms with E-state index in [1.165, 1.54) is 17.7 Å². The van der Waals surface area contributed by atoms with Gasteiger partial charge in [0.05, 0.1) is 77.0 Å². The molecule has 0 aromatic heterocycles. The summed E-state index contributed by atoms with van der Waals surface area (Å²) in [7, 11) is 4.01. The van der Waals surface area contributed by atoms with Crippen LogP contribution in [0.2, 0.25) is 0 Å². The van der Waals surface area contributed by atoms with Gasteiger partial charge in [0.25, 0.3) is 10.1 Å². The number of fused-ring (bicyclic) bond motifs is 2. The molecule has 0 atom stereocenters. The van der Waals surface area contributed by atoms with Crippen molar-refractivity contribution in [2.24, 2.45) is 0 Å². The van der Waals surface area contributed by atoms with E-state index in [0.717, 1.165) is 130 Å². The molecule has 3 aromatic rings. The average Bonchev–Trinajstić information content (AvgIpc) is 3.53. The van der Waals surface area contributed by atoms with Gasteiger partial charge in [-0.05, 0) is 110 Å². The molecular weight excluding hydrogens is 845 g/mol. The van der Waals surface area contributed by atoms with Gasteiger partial charge in [-0.3, -0.25) is 4.55 Å². The summed E-state index contributed by atoms with van der Waals surface area (Å²) in [6.45, 7) is 12.5. The lowest BCUT2D eigenvalue weighted by Gasteiger charge is -2.29. The molecule has 4 N–H and O–H groups in total. The van der Waals surface area contributed by atoms with Crippen LogP contribution in [0.4, 0.5) is 17.1 Å². The van der Waals surface area contributed by atoms with Crippen molar-refractivity contribution >= 4 is 43.0 Å². The Kier molecular flexibility index (Phi) is 14.0. The predicted molar refractivity (Wildman–Crippen MR) is 258 cm³/mol. The van der Waals surface area contributed by atoms with Crippen molar-refractivity contribution < 1.29 is 39.5 Å². The fourth-order valence-corrected chi connectivity index (χ4v) is 10.4. The highest BCUT2D eigenvalue weighted by molar-refractivity contribution is 7.86. The minimum atomic E-state index is -4.65. The molecule has 12 nitrogen and oxygen atoms in total. The lowest BCUT2D eigenvalue weighted by Crippen LogP contribution is -2.37. The van der Waals surface area contributed by atoms with E-state index in [1.54, 1.807) is 18.2 Å². The van der Waals surface area contributed by atoms with E-state index < -0.39 is 31.1 Å². The molecule has 64 heavy (non-hydrogen) atoms. The Bertz CT molecular complexity index is 2640. The van der Waals surface area contributed by atoms with Gasteiger partial charge in [-0.15, -0.1) is 0 Å². The summed E-state index contributed by atoms with van der Waals surface area (Å²) >= 11 is 0. The highest BCUT2D eigenvalue weighted by Gasteiger charge is 2.45. The van der Waals surface area contributed by atoms with Crippen molar-refractivity contribution in [2.75, 3.05) is 85.6 Å². The Hall–Kier alpha value is -4.57. The van der Waals surface area contributed by atoms with Crippen LogP contribution in [-0.2, 0) is 37.5 Å². The number of hydrogen-bond acceptors (Lipinski definition) is 8. The minimum absolute atomic E-state index is 0.112. The van der Waals surface area contributed by atoms with Gasteiger partial charge in [-0.2, -0.15) is 13.0 Å². The summed E-state index contributed by atoms with van der Waals surface area (Å²) < 4.78 is 75.2. The topological polar surface area (TPSA) is 156 Å². The van der Waals surface area contributed by atoms with E-state index in [0.29, 0.717) is 6.54 Å². The first-order chi connectivity index (χ1) is 29.7. The second-order valence-corrected chi connectivity index (χ2v) is 23.5. The predicted octanol–water partition coefficient (Wildman–Crippen LogP) is 7.42. The molecule has 6 rings (SSSR count). The molecule has 0 spiro atoms. The number of rotatable bonds is 17. The maximum absolute atomic E-state index is 12.3. The third-order valence-electron chi connectivity index (χ3n) is 12.8. The fraction of sp³-hybridized carbons (Fsp3) is 0.460. The molecule has 0 bridgehead atoms. The molecule has 2 heterocycles. The van der Waals surface area contributed by atoms with Crippen molar-refractivity contribution in [1.82, 2.24) is 5.32 Å². The molecule has 346 valence electrons. The van der Waals surface area contributed by atoms with Crippen LogP contribution in [-0.4, -0.2) is 120 Å². The molecule has 0 radical (unpaired) electrons. The lowest BCUT2D eigenvalue weighted by molar-refractivity contribution is -0.871. The molecule has 3 aromatic carbocycles. The van der Waals surface area contributed by atoms with Crippen LogP contribution in [0.3, 0.4) is 0 Å². The summed E-state index contributed by atoms with van der Waals surface area (Å²) in [6.07, 6.45) is 14.1. The molecule has 14 heteroatoms.